The highest BCUT2D eigenvalue weighted by Crippen LogP contribution is 2.34. The number of likely N-dealkylation sites (N-methyl/N-ethyl adjacent to an activating group) is 1. The first-order valence-electron chi connectivity index (χ1n) is 9.43. The molecule has 0 spiro atoms. The van der Waals surface area contributed by atoms with Gasteiger partial charge in [-0.25, -0.2) is 17.5 Å². The minimum Gasteiger partial charge on any atom is -0.465 e. The number of nitrogens with zero attached hydrogens (tertiary/aromatic N) is 2. The van der Waals surface area contributed by atoms with Gasteiger partial charge in [0, 0.05) is 13.1 Å². The largest absolute Gasteiger partial charge is 0.465 e. The van der Waals surface area contributed by atoms with Crippen molar-refractivity contribution in [3.05, 3.63) is 47.4 Å². The van der Waals surface area contributed by atoms with E-state index in [-0.39, 0.29) is 22.0 Å². The summed E-state index contributed by atoms with van der Waals surface area (Å²) in [5, 5.41) is 0. The van der Waals surface area contributed by atoms with Gasteiger partial charge in [0.2, 0.25) is 0 Å². The van der Waals surface area contributed by atoms with Gasteiger partial charge in [-0.3, -0.25) is 4.90 Å². The summed E-state index contributed by atoms with van der Waals surface area (Å²) < 4.78 is 45.1. The summed E-state index contributed by atoms with van der Waals surface area (Å²) in [6, 6.07) is 8.72. The number of sulfonamides is 1. The molecule has 3 rings (SSSR count). The van der Waals surface area contributed by atoms with E-state index in [4.69, 9.17) is 13.9 Å². The number of benzene rings is 1. The lowest BCUT2D eigenvalue weighted by molar-refractivity contribution is -0.0196. The van der Waals surface area contributed by atoms with Crippen molar-refractivity contribution in [1.29, 1.82) is 0 Å². The predicted molar refractivity (Wildman–Crippen MR) is 107 cm³/mol. The molecule has 1 fully saturated rings. The van der Waals surface area contributed by atoms with Crippen LogP contribution in [-0.2, 0) is 19.5 Å². The molecule has 0 saturated carbocycles. The monoisotopic (exact) mass is 422 g/mol. The van der Waals surface area contributed by atoms with Crippen LogP contribution in [-0.4, -0.2) is 58.9 Å². The summed E-state index contributed by atoms with van der Waals surface area (Å²) in [4.78, 5) is 14.3. The third kappa shape index (κ3) is 4.03. The molecule has 0 radical (unpaired) electrons. The number of methoxy groups -OCH3 is 1. The van der Waals surface area contributed by atoms with Crippen LogP contribution in [0.25, 0.3) is 0 Å². The van der Waals surface area contributed by atoms with Gasteiger partial charge in [0.25, 0.3) is 10.0 Å². The number of carbonyl (C=O) groups excluding carboxylic acids is 1. The number of carbonyl (C=O) groups is 1. The molecule has 0 N–H and O–H groups in total. The van der Waals surface area contributed by atoms with Gasteiger partial charge >= 0.3 is 5.97 Å². The van der Waals surface area contributed by atoms with Crippen LogP contribution in [0.15, 0.2) is 39.6 Å². The van der Waals surface area contributed by atoms with Crippen molar-refractivity contribution in [2.75, 3.05) is 37.7 Å². The van der Waals surface area contributed by atoms with Crippen molar-refractivity contribution in [2.24, 2.45) is 0 Å². The molecule has 1 unspecified atom stereocenters. The first-order chi connectivity index (χ1) is 13.8. The van der Waals surface area contributed by atoms with Gasteiger partial charge in [-0.15, -0.1) is 0 Å². The van der Waals surface area contributed by atoms with Gasteiger partial charge in [0.05, 0.1) is 19.4 Å². The SMILES string of the molecule is CCN1CCOC(N(c2ccccc2)S(=O)(=O)c2c(C)oc(C)c2C(=O)OC)C1. The third-order valence-electron chi connectivity index (χ3n) is 4.96. The summed E-state index contributed by atoms with van der Waals surface area (Å²) in [6.07, 6.45) is -0.740. The number of esters is 1. The molecule has 1 aliphatic rings. The number of anilines is 1. The fraction of sp³-hybridized carbons (Fsp3) is 0.450. The second kappa shape index (κ2) is 8.56. The van der Waals surface area contributed by atoms with E-state index in [1.807, 2.05) is 13.0 Å². The maximum absolute atomic E-state index is 13.9. The Kier molecular flexibility index (Phi) is 6.30. The van der Waals surface area contributed by atoms with E-state index in [1.54, 1.807) is 31.2 Å². The number of aryl methyl sites for hydroxylation is 2. The normalized spacial score (nSPS) is 17.9. The van der Waals surface area contributed by atoms with Crippen LogP contribution in [0.3, 0.4) is 0 Å². The molecule has 0 aliphatic carbocycles. The zero-order valence-corrected chi connectivity index (χ0v) is 17.9. The number of ether oxygens (including phenoxy) is 2. The Hall–Kier alpha value is -2.36. The fourth-order valence-corrected chi connectivity index (χ4v) is 5.48. The number of hydrogen-bond donors (Lipinski definition) is 0. The van der Waals surface area contributed by atoms with E-state index >= 15 is 0 Å². The van der Waals surface area contributed by atoms with E-state index in [0.29, 0.717) is 18.8 Å². The molecule has 1 aromatic heterocycles. The quantitative estimate of drug-likeness (QED) is 0.661. The maximum Gasteiger partial charge on any atom is 0.342 e. The molecule has 158 valence electrons. The minimum absolute atomic E-state index is 0.0888. The van der Waals surface area contributed by atoms with Gasteiger partial charge in [0.15, 0.2) is 6.23 Å². The molecule has 1 atom stereocenters. The highest BCUT2D eigenvalue weighted by Gasteiger charge is 2.40. The first-order valence-corrected chi connectivity index (χ1v) is 10.9. The molecule has 9 heteroatoms. The molecule has 2 heterocycles. The summed E-state index contributed by atoms with van der Waals surface area (Å²) >= 11 is 0. The Morgan fingerprint density at radius 1 is 1.24 bits per heavy atom. The average Bonchev–Trinajstić information content (AvgIpc) is 3.03. The van der Waals surface area contributed by atoms with Gasteiger partial charge < -0.3 is 13.9 Å². The number of rotatable bonds is 6. The zero-order valence-electron chi connectivity index (χ0n) is 17.0. The highest BCUT2D eigenvalue weighted by molar-refractivity contribution is 7.93. The number of hydrogen-bond acceptors (Lipinski definition) is 7. The molecular weight excluding hydrogens is 396 g/mol. The van der Waals surface area contributed by atoms with E-state index in [0.717, 1.165) is 13.1 Å². The van der Waals surface area contributed by atoms with E-state index in [9.17, 15) is 13.2 Å². The van der Waals surface area contributed by atoms with Crippen LogP contribution in [0.1, 0.15) is 28.8 Å². The number of para-hydroxylation sites is 1. The van der Waals surface area contributed by atoms with Crippen molar-refractivity contribution in [3.8, 4) is 0 Å². The molecular formula is C20H26N2O6S. The molecule has 8 nitrogen and oxygen atoms in total. The molecule has 1 saturated heterocycles. The van der Waals surface area contributed by atoms with Crippen LogP contribution in [0.4, 0.5) is 5.69 Å². The molecule has 1 aromatic carbocycles. The summed E-state index contributed by atoms with van der Waals surface area (Å²) in [6.45, 7) is 7.41. The summed E-state index contributed by atoms with van der Waals surface area (Å²) in [5.74, 6) is -0.432. The number of morpholine rings is 1. The fourth-order valence-electron chi connectivity index (χ4n) is 3.56. The molecule has 1 aliphatic heterocycles. The van der Waals surface area contributed by atoms with Crippen molar-refractivity contribution in [3.63, 3.8) is 0 Å². The lowest BCUT2D eigenvalue weighted by Crippen LogP contribution is -2.53. The Morgan fingerprint density at radius 2 is 1.93 bits per heavy atom. The Morgan fingerprint density at radius 3 is 2.55 bits per heavy atom. The zero-order chi connectivity index (χ0) is 21.2. The topological polar surface area (TPSA) is 89.3 Å². The van der Waals surface area contributed by atoms with Crippen LogP contribution in [0.5, 0.6) is 0 Å². The maximum atomic E-state index is 13.9. The molecule has 0 bridgehead atoms. The Bertz CT molecular complexity index is 970. The standard InChI is InChI=1S/C20H26N2O6S/c1-5-21-11-12-27-17(13-21)22(16-9-7-6-8-10-16)29(24,25)19-15(3)28-14(2)18(19)20(23)26-4/h6-10,17H,5,11-13H2,1-4H3. The third-order valence-corrected chi connectivity index (χ3v) is 6.93. The summed E-state index contributed by atoms with van der Waals surface area (Å²) in [7, 11) is -2.99. The van der Waals surface area contributed by atoms with Gasteiger partial charge in [-0.2, -0.15) is 0 Å². The van der Waals surface area contributed by atoms with Crippen LogP contribution in [0, 0.1) is 13.8 Å². The predicted octanol–water partition coefficient (Wildman–Crippen LogP) is 2.56. The van der Waals surface area contributed by atoms with Crippen LogP contribution >= 0.6 is 0 Å². The highest BCUT2D eigenvalue weighted by atomic mass is 32.2. The van der Waals surface area contributed by atoms with Gasteiger partial charge in [-0.05, 0) is 32.5 Å². The van der Waals surface area contributed by atoms with E-state index < -0.39 is 22.2 Å². The Labute approximate surface area is 171 Å². The van der Waals surface area contributed by atoms with E-state index in [1.165, 1.54) is 18.3 Å². The summed E-state index contributed by atoms with van der Waals surface area (Å²) in [5.41, 5.74) is 0.360. The Balaban J connectivity index is 2.17. The lowest BCUT2D eigenvalue weighted by Gasteiger charge is -2.39. The van der Waals surface area contributed by atoms with Crippen molar-refractivity contribution < 1.29 is 27.1 Å². The van der Waals surface area contributed by atoms with Crippen molar-refractivity contribution >= 4 is 21.7 Å². The van der Waals surface area contributed by atoms with Gasteiger partial charge in [-0.1, -0.05) is 25.1 Å². The second-order valence-electron chi connectivity index (χ2n) is 6.77. The van der Waals surface area contributed by atoms with Crippen LogP contribution in [0.2, 0.25) is 0 Å². The second-order valence-corrected chi connectivity index (χ2v) is 8.52. The molecule has 0 amide bonds. The van der Waals surface area contributed by atoms with Crippen molar-refractivity contribution in [2.45, 2.75) is 31.9 Å². The average molecular weight is 423 g/mol. The smallest absolute Gasteiger partial charge is 0.342 e. The first kappa shape index (κ1) is 21.4. The van der Waals surface area contributed by atoms with Crippen LogP contribution < -0.4 is 4.31 Å². The number of furan rings is 1. The minimum atomic E-state index is -4.19. The van der Waals surface area contributed by atoms with Gasteiger partial charge in [0.1, 0.15) is 22.0 Å². The van der Waals surface area contributed by atoms with Crippen molar-refractivity contribution in [1.82, 2.24) is 4.90 Å². The molecule has 2 aromatic rings. The van der Waals surface area contributed by atoms with E-state index in [2.05, 4.69) is 4.90 Å². The molecule has 29 heavy (non-hydrogen) atoms. The lowest BCUT2D eigenvalue weighted by atomic mass is 10.2.